The molecule has 0 aliphatic carbocycles. The van der Waals surface area contributed by atoms with Gasteiger partial charge in [0.2, 0.25) is 0 Å². The first-order valence-corrected chi connectivity index (χ1v) is 10.3. The summed E-state index contributed by atoms with van der Waals surface area (Å²) in [6, 6.07) is 5.47. The molecule has 26 heavy (non-hydrogen) atoms. The highest BCUT2D eigenvalue weighted by atomic mass is 32.2. The Balaban J connectivity index is 1.71. The van der Waals surface area contributed by atoms with Gasteiger partial charge < -0.3 is 14.4 Å². The smallest absolute Gasteiger partial charge is 0.309 e. The maximum Gasteiger partial charge on any atom is 0.309 e. The Hall–Kier alpha value is -2.09. The minimum absolute atomic E-state index is 0.0299. The van der Waals surface area contributed by atoms with Crippen molar-refractivity contribution < 1.29 is 27.5 Å². The highest BCUT2D eigenvalue weighted by Crippen LogP contribution is 2.19. The van der Waals surface area contributed by atoms with E-state index in [-0.39, 0.29) is 30.6 Å². The number of amides is 1. The van der Waals surface area contributed by atoms with Crippen LogP contribution in [0.3, 0.4) is 0 Å². The van der Waals surface area contributed by atoms with Gasteiger partial charge in [0.05, 0.1) is 24.5 Å². The highest BCUT2D eigenvalue weighted by molar-refractivity contribution is 7.91. The lowest BCUT2D eigenvalue weighted by Crippen LogP contribution is -2.40. The molecule has 1 aliphatic heterocycles. The van der Waals surface area contributed by atoms with E-state index in [9.17, 15) is 18.0 Å². The Morgan fingerprint density at radius 1 is 1.27 bits per heavy atom. The lowest BCUT2D eigenvalue weighted by atomic mass is 10.1. The average Bonchev–Trinajstić information content (AvgIpc) is 2.95. The monoisotopic (exact) mass is 383 g/mol. The van der Waals surface area contributed by atoms with E-state index < -0.39 is 28.3 Å². The molecule has 1 aromatic rings. The van der Waals surface area contributed by atoms with Gasteiger partial charge in [0.1, 0.15) is 5.75 Å². The Morgan fingerprint density at radius 3 is 2.65 bits per heavy atom. The molecular formula is C18H25NO6S. The summed E-state index contributed by atoms with van der Waals surface area (Å²) in [6.45, 7) is 3.65. The van der Waals surface area contributed by atoms with Gasteiger partial charge in [-0.05, 0) is 37.5 Å². The number of carbonyl (C=O) groups excluding carboxylic acids is 2. The minimum Gasteiger partial charge on any atom is -0.493 e. The quantitative estimate of drug-likeness (QED) is 0.659. The molecule has 0 saturated carbocycles. The van der Waals surface area contributed by atoms with Crippen LogP contribution >= 0.6 is 0 Å². The number of likely N-dealkylation sites (N-methyl/N-ethyl adjacent to an activating group) is 1. The topological polar surface area (TPSA) is 90.0 Å². The van der Waals surface area contributed by atoms with Crippen molar-refractivity contribution >= 4 is 21.7 Å². The van der Waals surface area contributed by atoms with Gasteiger partial charge in [-0.3, -0.25) is 9.59 Å². The summed E-state index contributed by atoms with van der Waals surface area (Å²) in [6.07, 6.45) is 0.449. The number of benzene rings is 1. The maximum atomic E-state index is 12.0. The minimum atomic E-state index is -3.07. The van der Waals surface area contributed by atoms with Gasteiger partial charge in [-0.1, -0.05) is 12.1 Å². The molecule has 144 valence electrons. The fourth-order valence-electron chi connectivity index (χ4n) is 2.71. The predicted octanol–water partition coefficient (Wildman–Crippen LogP) is 1.26. The van der Waals surface area contributed by atoms with Gasteiger partial charge in [0, 0.05) is 13.1 Å². The second-order valence-corrected chi connectivity index (χ2v) is 8.82. The number of hydrogen-bond acceptors (Lipinski definition) is 6. The molecule has 0 N–H and O–H groups in total. The molecule has 1 unspecified atom stereocenters. The van der Waals surface area contributed by atoms with Crippen molar-refractivity contribution in [3.63, 3.8) is 0 Å². The first-order chi connectivity index (χ1) is 12.2. The van der Waals surface area contributed by atoms with Crippen LogP contribution in [-0.4, -0.2) is 63.0 Å². The van der Waals surface area contributed by atoms with Crippen LogP contribution in [0, 0.1) is 13.8 Å². The van der Waals surface area contributed by atoms with Crippen molar-refractivity contribution in [2.24, 2.45) is 0 Å². The van der Waals surface area contributed by atoms with E-state index in [1.807, 2.05) is 32.0 Å². The number of carbonyl (C=O) groups is 2. The third-order valence-electron chi connectivity index (χ3n) is 4.41. The van der Waals surface area contributed by atoms with E-state index in [1.54, 1.807) is 0 Å². The average molecular weight is 383 g/mol. The van der Waals surface area contributed by atoms with Crippen LogP contribution < -0.4 is 4.74 Å². The Bertz CT molecular complexity index is 774. The molecule has 2 rings (SSSR count). The van der Waals surface area contributed by atoms with Crippen molar-refractivity contribution in [1.82, 2.24) is 4.90 Å². The standard InChI is InChI=1S/C18H25NO6S/c1-13-4-5-14(2)16(10-13)24-8-6-18(21)25-11-17(20)19(3)15-7-9-26(22,23)12-15/h4-5,10,15H,6-9,11-12H2,1-3H3. The summed E-state index contributed by atoms with van der Waals surface area (Å²) in [5, 5.41) is 0. The largest absolute Gasteiger partial charge is 0.493 e. The highest BCUT2D eigenvalue weighted by Gasteiger charge is 2.32. The van der Waals surface area contributed by atoms with Crippen LogP contribution in [0.25, 0.3) is 0 Å². The van der Waals surface area contributed by atoms with Gasteiger partial charge in [0.25, 0.3) is 5.91 Å². The molecule has 0 spiro atoms. The molecule has 0 radical (unpaired) electrons. The van der Waals surface area contributed by atoms with Crippen LogP contribution in [-0.2, 0) is 24.2 Å². The summed E-state index contributed by atoms with van der Waals surface area (Å²) in [5.74, 6) is -0.166. The number of rotatable bonds is 7. The summed E-state index contributed by atoms with van der Waals surface area (Å²) >= 11 is 0. The summed E-state index contributed by atoms with van der Waals surface area (Å²) in [4.78, 5) is 25.2. The maximum absolute atomic E-state index is 12.0. The lowest BCUT2D eigenvalue weighted by Gasteiger charge is -2.23. The van der Waals surface area contributed by atoms with Crippen LogP contribution in [0.1, 0.15) is 24.0 Å². The number of aryl methyl sites for hydroxylation is 2. The van der Waals surface area contributed by atoms with E-state index in [4.69, 9.17) is 9.47 Å². The zero-order chi connectivity index (χ0) is 19.3. The fraction of sp³-hybridized carbons (Fsp3) is 0.556. The summed E-state index contributed by atoms with van der Waals surface area (Å²) in [5.41, 5.74) is 2.04. The van der Waals surface area contributed by atoms with E-state index in [2.05, 4.69) is 0 Å². The molecule has 8 heteroatoms. The second-order valence-electron chi connectivity index (χ2n) is 6.59. The Kier molecular flexibility index (Phi) is 6.63. The molecule has 1 fully saturated rings. The molecule has 1 saturated heterocycles. The first kappa shape index (κ1) is 20.2. The SMILES string of the molecule is Cc1ccc(C)c(OCCC(=O)OCC(=O)N(C)C2CCS(=O)(=O)C2)c1. The molecule has 0 aromatic heterocycles. The number of esters is 1. The third-order valence-corrected chi connectivity index (χ3v) is 6.16. The summed E-state index contributed by atoms with van der Waals surface area (Å²) < 4.78 is 33.5. The first-order valence-electron chi connectivity index (χ1n) is 8.50. The molecule has 7 nitrogen and oxygen atoms in total. The van der Waals surface area contributed by atoms with Crippen molar-refractivity contribution in [3.8, 4) is 5.75 Å². The van der Waals surface area contributed by atoms with Crippen LogP contribution in [0.15, 0.2) is 18.2 Å². The number of sulfone groups is 1. The number of ether oxygens (including phenoxy) is 2. The van der Waals surface area contributed by atoms with Crippen molar-refractivity contribution in [3.05, 3.63) is 29.3 Å². The second kappa shape index (κ2) is 8.53. The molecule has 1 aromatic carbocycles. The normalized spacial score (nSPS) is 18.3. The van der Waals surface area contributed by atoms with Crippen molar-refractivity contribution in [1.29, 1.82) is 0 Å². The number of nitrogens with zero attached hydrogens (tertiary/aromatic N) is 1. The molecular weight excluding hydrogens is 358 g/mol. The molecule has 1 atom stereocenters. The Labute approximate surface area is 154 Å². The molecule has 1 heterocycles. The van der Waals surface area contributed by atoms with Gasteiger partial charge in [-0.25, -0.2) is 8.42 Å². The Morgan fingerprint density at radius 2 is 2.00 bits per heavy atom. The molecule has 0 bridgehead atoms. The molecule has 1 aliphatic rings. The number of hydrogen-bond donors (Lipinski definition) is 0. The molecule has 1 amide bonds. The third kappa shape index (κ3) is 5.72. The van der Waals surface area contributed by atoms with E-state index in [0.29, 0.717) is 6.42 Å². The van der Waals surface area contributed by atoms with Crippen LogP contribution in [0.2, 0.25) is 0 Å². The van der Waals surface area contributed by atoms with E-state index in [1.165, 1.54) is 11.9 Å². The van der Waals surface area contributed by atoms with Gasteiger partial charge >= 0.3 is 5.97 Å². The van der Waals surface area contributed by atoms with Crippen molar-refractivity contribution in [2.75, 3.05) is 31.8 Å². The van der Waals surface area contributed by atoms with E-state index in [0.717, 1.165) is 16.9 Å². The lowest BCUT2D eigenvalue weighted by molar-refractivity contribution is -0.152. The van der Waals surface area contributed by atoms with Crippen molar-refractivity contribution in [2.45, 2.75) is 32.7 Å². The van der Waals surface area contributed by atoms with Gasteiger partial charge in [-0.2, -0.15) is 0 Å². The van der Waals surface area contributed by atoms with Crippen LogP contribution in [0.5, 0.6) is 5.75 Å². The fourth-order valence-corrected chi connectivity index (χ4v) is 4.48. The zero-order valence-corrected chi connectivity index (χ0v) is 16.2. The van der Waals surface area contributed by atoms with Crippen LogP contribution in [0.4, 0.5) is 0 Å². The van der Waals surface area contributed by atoms with E-state index >= 15 is 0 Å². The summed E-state index contributed by atoms with van der Waals surface area (Å²) in [7, 11) is -1.54. The zero-order valence-electron chi connectivity index (χ0n) is 15.4. The van der Waals surface area contributed by atoms with Gasteiger partial charge in [0.15, 0.2) is 16.4 Å². The van der Waals surface area contributed by atoms with Gasteiger partial charge in [-0.15, -0.1) is 0 Å². The predicted molar refractivity (Wildman–Crippen MR) is 96.8 cm³/mol.